The summed E-state index contributed by atoms with van der Waals surface area (Å²) in [5.41, 5.74) is -5.22. The molecule has 6 N–H and O–H groups in total. The number of piperidine rings is 2. The first-order chi connectivity index (χ1) is 22.7. The number of hydrogen-bond acceptors (Lipinski definition) is 12. The number of nitrogens with zero attached hydrogens (tertiary/aromatic N) is 1. The van der Waals surface area contributed by atoms with Crippen LogP contribution >= 0.6 is 0 Å². The molecule has 278 valence electrons. The highest BCUT2D eigenvalue weighted by Gasteiger charge is 2.87. The van der Waals surface area contributed by atoms with Gasteiger partial charge in [-0.2, -0.15) is 0 Å². The van der Waals surface area contributed by atoms with Gasteiger partial charge in [-0.1, -0.05) is 27.7 Å². The molecule has 49 heavy (non-hydrogen) atoms. The minimum Gasteiger partial charge on any atom is -0.481 e. The third-order valence-corrected chi connectivity index (χ3v) is 14.3. The lowest BCUT2D eigenvalue weighted by Gasteiger charge is -2.64. The maximum Gasteiger partial charge on any atom is 0.309 e. The summed E-state index contributed by atoms with van der Waals surface area (Å²) in [4.78, 5) is 36.8. The van der Waals surface area contributed by atoms with Crippen molar-refractivity contribution < 1.29 is 59.2 Å². The van der Waals surface area contributed by atoms with E-state index in [0.717, 1.165) is 26.3 Å². The van der Waals surface area contributed by atoms with Crippen LogP contribution < -0.4 is 0 Å². The number of aliphatic hydroxyl groups is 5. The molecule has 1 spiro atoms. The Morgan fingerprint density at radius 3 is 2.29 bits per heavy atom. The molecule has 3 aliphatic heterocycles. The average molecular weight is 696 g/mol. The Morgan fingerprint density at radius 2 is 1.67 bits per heavy atom. The van der Waals surface area contributed by atoms with Gasteiger partial charge in [0.2, 0.25) is 5.79 Å². The topological polar surface area (TPSA) is 204 Å². The van der Waals surface area contributed by atoms with Gasteiger partial charge in [0.15, 0.2) is 12.2 Å². The van der Waals surface area contributed by atoms with Gasteiger partial charge in [0.1, 0.15) is 5.60 Å². The van der Waals surface area contributed by atoms with E-state index in [1.54, 1.807) is 13.8 Å². The Balaban J connectivity index is 0.000000989. The fraction of sp³-hybridized carbons (Fsp3) is 0.917. The van der Waals surface area contributed by atoms with E-state index in [2.05, 4.69) is 11.8 Å². The van der Waals surface area contributed by atoms with Crippen LogP contribution in [0.25, 0.3) is 0 Å². The molecule has 3 heterocycles. The van der Waals surface area contributed by atoms with E-state index in [-0.39, 0.29) is 18.9 Å². The first-order valence-electron chi connectivity index (χ1n) is 18.2. The average Bonchev–Trinajstić information content (AvgIpc) is 3.27. The standard InChI is InChI=1S/C34H53NO10.C2H4O2/c1-7-17(3)29(39)44-28-26(38)25-19(15-35-14-16(2)8-9-23(35)31(25,6)40)20-13-32-27(33(20,28)41)21(37)12-22-30(32,5)11-10-24(43-18(4)36)34(22,42)45-32;1-2(3)4/h16-17,19-28,37-38,40-42H,7-15H2,1-6H3;1H3,(H,3,4)/t16-,17+,19-,20-,21+,22-,23-,24-,25+,26+,27+,28-,30-,31+,32+,33-,34+;/m0./s1. The molecule has 0 aromatic carbocycles. The minimum atomic E-state index is -1.91. The Hall–Kier alpha value is -1.87. The number of carboxylic acid groups (broad SMARTS) is 1. The first kappa shape index (κ1) is 36.9. The molecule has 4 bridgehead atoms. The van der Waals surface area contributed by atoms with Crippen molar-refractivity contribution in [2.45, 2.75) is 146 Å². The summed E-state index contributed by atoms with van der Waals surface area (Å²) < 4.78 is 18.6. The van der Waals surface area contributed by atoms with E-state index in [4.69, 9.17) is 24.1 Å². The van der Waals surface area contributed by atoms with Crippen LogP contribution in [0.15, 0.2) is 0 Å². The molecule has 7 rings (SSSR count). The predicted molar refractivity (Wildman–Crippen MR) is 172 cm³/mol. The van der Waals surface area contributed by atoms with Gasteiger partial charge in [0, 0.05) is 56.1 Å². The molecule has 4 aliphatic carbocycles. The smallest absolute Gasteiger partial charge is 0.309 e. The second-order valence-corrected chi connectivity index (χ2v) is 17.1. The zero-order chi connectivity index (χ0) is 36.2. The maximum absolute atomic E-state index is 13.4. The number of carbonyl (C=O) groups excluding carboxylic acids is 2. The number of fused-ring (bicyclic) bond motifs is 5. The molecule has 13 heteroatoms. The molecule has 13 nitrogen and oxygen atoms in total. The van der Waals surface area contributed by atoms with Gasteiger partial charge in [-0.3, -0.25) is 19.3 Å². The van der Waals surface area contributed by atoms with Crippen LogP contribution in [0, 0.1) is 46.8 Å². The molecule has 4 saturated carbocycles. The molecule has 7 aliphatic rings. The zero-order valence-electron chi connectivity index (χ0n) is 29.9. The van der Waals surface area contributed by atoms with Gasteiger partial charge in [0.25, 0.3) is 5.97 Å². The third-order valence-electron chi connectivity index (χ3n) is 14.3. The van der Waals surface area contributed by atoms with Crippen LogP contribution in [-0.2, 0) is 28.6 Å². The lowest BCUT2D eigenvalue weighted by Crippen LogP contribution is -2.77. The maximum atomic E-state index is 13.4. The number of esters is 2. The van der Waals surface area contributed by atoms with Crippen molar-refractivity contribution in [3.8, 4) is 0 Å². The summed E-state index contributed by atoms with van der Waals surface area (Å²) in [6.07, 6.45) is -1.45. The largest absolute Gasteiger partial charge is 0.481 e. The number of aliphatic hydroxyl groups excluding tert-OH is 2. The van der Waals surface area contributed by atoms with Crippen LogP contribution in [-0.4, -0.2) is 120 Å². The number of aliphatic carboxylic acids is 1. The van der Waals surface area contributed by atoms with Gasteiger partial charge in [-0.25, -0.2) is 0 Å². The van der Waals surface area contributed by atoms with Crippen LogP contribution in [0.2, 0.25) is 0 Å². The van der Waals surface area contributed by atoms with Gasteiger partial charge in [0.05, 0.1) is 29.3 Å². The van der Waals surface area contributed by atoms with Gasteiger partial charge in [-0.15, -0.1) is 0 Å². The molecule has 0 aromatic heterocycles. The molecular formula is C36H57NO12. The van der Waals surface area contributed by atoms with Crippen molar-refractivity contribution in [2.75, 3.05) is 13.1 Å². The monoisotopic (exact) mass is 695 g/mol. The fourth-order valence-electron chi connectivity index (χ4n) is 12.3. The molecule has 3 saturated heterocycles. The Kier molecular flexibility index (Phi) is 9.11. The van der Waals surface area contributed by atoms with Crippen molar-refractivity contribution in [1.82, 2.24) is 4.90 Å². The van der Waals surface area contributed by atoms with E-state index < -0.39 is 106 Å². The van der Waals surface area contributed by atoms with E-state index >= 15 is 0 Å². The Morgan fingerprint density at radius 1 is 1.02 bits per heavy atom. The number of carboxylic acids is 1. The second-order valence-electron chi connectivity index (χ2n) is 17.1. The lowest BCUT2D eigenvalue weighted by molar-refractivity contribution is -0.299. The van der Waals surface area contributed by atoms with E-state index in [1.165, 1.54) is 6.92 Å². The quantitative estimate of drug-likeness (QED) is 0.231. The number of rotatable bonds is 4. The molecule has 7 fully saturated rings. The van der Waals surface area contributed by atoms with Gasteiger partial charge >= 0.3 is 11.9 Å². The Bertz CT molecular complexity index is 1340. The van der Waals surface area contributed by atoms with Crippen LogP contribution in [0.5, 0.6) is 0 Å². The molecule has 0 aromatic rings. The van der Waals surface area contributed by atoms with Gasteiger partial charge in [-0.05, 0) is 69.6 Å². The highest BCUT2D eigenvalue weighted by atomic mass is 16.7. The highest BCUT2D eigenvalue weighted by Crippen LogP contribution is 2.77. The zero-order valence-corrected chi connectivity index (χ0v) is 29.9. The van der Waals surface area contributed by atoms with Crippen molar-refractivity contribution in [1.29, 1.82) is 0 Å². The number of ether oxygens (including phenoxy) is 3. The molecule has 0 radical (unpaired) electrons. The summed E-state index contributed by atoms with van der Waals surface area (Å²) in [5.74, 6) is -7.16. The van der Waals surface area contributed by atoms with Crippen molar-refractivity contribution in [3.05, 3.63) is 0 Å². The van der Waals surface area contributed by atoms with E-state index in [9.17, 15) is 35.1 Å². The van der Waals surface area contributed by atoms with Crippen molar-refractivity contribution >= 4 is 17.9 Å². The summed E-state index contributed by atoms with van der Waals surface area (Å²) in [6, 6.07) is -0.191. The number of hydrogen-bond donors (Lipinski definition) is 6. The van der Waals surface area contributed by atoms with Crippen LogP contribution in [0.4, 0.5) is 0 Å². The first-order valence-corrected chi connectivity index (χ1v) is 18.2. The highest BCUT2D eigenvalue weighted by molar-refractivity contribution is 5.72. The predicted octanol–water partition coefficient (Wildman–Crippen LogP) is 1.44. The second kappa shape index (κ2) is 12.1. The molecule has 0 unspecified atom stereocenters. The molecular weight excluding hydrogens is 638 g/mol. The SMILES string of the molecule is CC(=O)O.CC[C@@H](C)C(=O)O[C@H]1[C@H](O)[C@H]2[C@@H](CN3C[C@@H](C)CC[C@H]3[C@@]2(C)O)[C@@H]2C[C@]34O[C@@]5(O)[C@@H](OC(C)=O)CC[C@@]3(C)[C@@H]5C[C@@H](O)[C@H]4[C@@]21O. The van der Waals surface area contributed by atoms with Crippen LogP contribution in [0.1, 0.15) is 93.4 Å². The summed E-state index contributed by atoms with van der Waals surface area (Å²) >= 11 is 0. The van der Waals surface area contributed by atoms with E-state index in [1.807, 2.05) is 13.8 Å². The van der Waals surface area contributed by atoms with Crippen LogP contribution in [0.3, 0.4) is 0 Å². The Labute approximate surface area is 288 Å². The van der Waals surface area contributed by atoms with Gasteiger partial charge < -0.3 is 44.8 Å². The normalized spacial score (nSPS) is 53.0. The number of carbonyl (C=O) groups is 3. The van der Waals surface area contributed by atoms with Crippen molar-refractivity contribution in [2.24, 2.45) is 46.8 Å². The van der Waals surface area contributed by atoms with E-state index in [0.29, 0.717) is 31.7 Å². The summed E-state index contributed by atoms with van der Waals surface area (Å²) in [7, 11) is 0. The molecule has 17 atom stereocenters. The summed E-state index contributed by atoms with van der Waals surface area (Å²) in [6.45, 7) is 13.3. The summed E-state index contributed by atoms with van der Waals surface area (Å²) in [5, 5.41) is 69.5. The minimum absolute atomic E-state index is 0.0891. The lowest BCUT2D eigenvalue weighted by atomic mass is 9.49. The molecule has 0 amide bonds. The van der Waals surface area contributed by atoms with Crippen molar-refractivity contribution in [3.63, 3.8) is 0 Å². The fourth-order valence-corrected chi connectivity index (χ4v) is 12.3. The third kappa shape index (κ3) is 5.07.